The van der Waals surface area contributed by atoms with Crippen LogP contribution >= 0.6 is 22.9 Å². The van der Waals surface area contributed by atoms with Gasteiger partial charge in [-0.1, -0.05) is 83.6 Å². The van der Waals surface area contributed by atoms with Crippen LogP contribution in [0.15, 0.2) is 114 Å². The van der Waals surface area contributed by atoms with Crippen LogP contribution in [0.3, 0.4) is 0 Å². The molecule has 0 atom stereocenters. The second-order valence-electron chi connectivity index (χ2n) is 10.1. The number of hydrogen-bond acceptors (Lipinski definition) is 6. The molecular weight excluding hydrogens is 609 g/mol. The molecule has 0 fully saturated rings. The highest BCUT2D eigenvalue weighted by Gasteiger charge is 2.15. The fourth-order valence-corrected chi connectivity index (χ4v) is 5.75. The first-order chi connectivity index (χ1) is 22.0. The van der Waals surface area contributed by atoms with Gasteiger partial charge >= 0.3 is 0 Å². The van der Waals surface area contributed by atoms with Gasteiger partial charge in [0.1, 0.15) is 23.9 Å². The summed E-state index contributed by atoms with van der Waals surface area (Å²) in [6.45, 7) is 0.390. The summed E-state index contributed by atoms with van der Waals surface area (Å²) in [6.07, 6.45) is 7.19. The molecule has 0 spiro atoms. The van der Waals surface area contributed by atoms with Crippen molar-refractivity contribution < 1.29 is 9.13 Å². The van der Waals surface area contributed by atoms with Crippen molar-refractivity contribution in [3.63, 3.8) is 0 Å². The van der Waals surface area contributed by atoms with Crippen molar-refractivity contribution in [1.82, 2.24) is 24.4 Å². The lowest BCUT2D eigenvalue weighted by Gasteiger charge is -2.08. The monoisotopic (exact) mass is 631 g/mol. The molecule has 0 N–H and O–H groups in total. The van der Waals surface area contributed by atoms with Crippen LogP contribution in [0.25, 0.3) is 40.1 Å². The van der Waals surface area contributed by atoms with E-state index in [1.54, 1.807) is 29.0 Å². The Morgan fingerprint density at radius 1 is 0.889 bits per heavy atom. The van der Waals surface area contributed by atoms with Gasteiger partial charge in [-0.05, 0) is 71.8 Å². The maximum absolute atomic E-state index is 13.4. The number of halogens is 2. The van der Waals surface area contributed by atoms with Crippen LogP contribution in [0.4, 0.5) is 4.39 Å². The average molecular weight is 632 g/mol. The summed E-state index contributed by atoms with van der Waals surface area (Å²) in [7, 11) is 0. The number of ether oxygens (including phenoxy) is 1. The first kappa shape index (κ1) is 28.4. The molecule has 0 saturated heterocycles. The van der Waals surface area contributed by atoms with Crippen LogP contribution < -0.4 is 14.8 Å². The molecule has 0 unspecified atom stereocenters. The van der Waals surface area contributed by atoms with E-state index in [4.69, 9.17) is 21.4 Å². The van der Waals surface area contributed by atoms with E-state index in [1.807, 2.05) is 91.1 Å². The third-order valence-corrected chi connectivity index (χ3v) is 8.18. The van der Waals surface area contributed by atoms with E-state index in [2.05, 4.69) is 10.1 Å². The van der Waals surface area contributed by atoms with E-state index >= 15 is 0 Å². The van der Waals surface area contributed by atoms with Gasteiger partial charge in [0.15, 0.2) is 5.82 Å². The zero-order valence-electron chi connectivity index (χ0n) is 23.5. The smallest absolute Gasteiger partial charge is 0.291 e. The molecule has 0 aliphatic rings. The van der Waals surface area contributed by atoms with Crippen molar-refractivity contribution in [2.75, 3.05) is 0 Å². The largest absolute Gasteiger partial charge is 0.489 e. The summed E-state index contributed by atoms with van der Waals surface area (Å²) in [5.74, 6) is 0.773. The minimum Gasteiger partial charge on any atom is -0.489 e. The molecule has 3 heterocycles. The lowest BCUT2D eigenvalue weighted by Crippen LogP contribution is -2.23. The second-order valence-corrected chi connectivity index (χ2v) is 11.6. The summed E-state index contributed by atoms with van der Waals surface area (Å²) in [5.41, 5.74) is 4.70. The molecule has 7 nitrogen and oxygen atoms in total. The molecule has 0 aliphatic carbocycles. The molecule has 4 aromatic carbocycles. The van der Waals surface area contributed by atoms with Crippen molar-refractivity contribution >= 4 is 46.1 Å². The fraction of sp³-hybridized carbons (Fsp3) is 0.0286. The lowest BCUT2D eigenvalue weighted by atomic mass is 10.1. The highest BCUT2D eigenvalue weighted by molar-refractivity contribution is 7.15. The van der Waals surface area contributed by atoms with Gasteiger partial charge in [-0.15, -0.1) is 5.10 Å². The van der Waals surface area contributed by atoms with Gasteiger partial charge in [0.25, 0.3) is 5.56 Å². The Morgan fingerprint density at radius 2 is 1.69 bits per heavy atom. The molecule has 0 bridgehead atoms. The van der Waals surface area contributed by atoms with Crippen LogP contribution in [-0.2, 0) is 6.61 Å². The Kier molecular flexibility index (Phi) is 7.77. The molecule has 0 radical (unpaired) electrons. The number of nitrogens with zero attached hydrogens (tertiary/aromatic N) is 5. The minimum atomic E-state index is -0.305. The van der Waals surface area contributed by atoms with Crippen LogP contribution in [0.1, 0.15) is 22.5 Å². The first-order valence-electron chi connectivity index (χ1n) is 14.0. The number of hydrogen-bond donors (Lipinski definition) is 0. The molecule has 10 heteroatoms. The van der Waals surface area contributed by atoms with Gasteiger partial charge in [0.05, 0.1) is 10.2 Å². The van der Waals surface area contributed by atoms with E-state index < -0.39 is 0 Å². The topological polar surface area (TPSA) is 74.3 Å². The van der Waals surface area contributed by atoms with E-state index in [0.29, 0.717) is 38.4 Å². The van der Waals surface area contributed by atoms with Crippen LogP contribution in [0.2, 0.25) is 5.02 Å². The number of rotatable bonds is 8. The third-order valence-electron chi connectivity index (χ3n) is 6.97. The lowest BCUT2D eigenvalue weighted by molar-refractivity contribution is 0.306. The maximum Gasteiger partial charge on any atom is 0.291 e. The Bertz CT molecular complexity index is 2260. The number of benzene rings is 4. The molecular formula is C35H23ClFN5O2S. The summed E-state index contributed by atoms with van der Waals surface area (Å²) >= 11 is 7.26. The number of thiazole rings is 1. The zero-order chi connectivity index (χ0) is 30.8. The standard InChI is InChI=1S/C35H23ClFN5O2S/c36-27-14-9-24(10-15-27)22-44-30-8-4-5-25(19-30)33-26(21-41(40-33)29-6-2-1-3-7-29)20-31-34(43)42-35(45-31)38-32(39-42)18-13-23-11-16-28(37)17-12-23/h1-21H,22H2/b18-13+,31-20-. The predicted octanol–water partition coefficient (Wildman–Crippen LogP) is 7.09. The normalized spacial score (nSPS) is 12.0. The fourth-order valence-electron chi connectivity index (χ4n) is 4.72. The second kappa shape index (κ2) is 12.3. The Balaban J connectivity index is 1.23. The molecule has 0 aliphatic heterocycles. The van der Waals surface area contributed by atoms with Crippen molar-refractivity contribution in [3.05, 3.63) is 158 Å². The van der Waals surface area contributed by atoms with Gasteiger partial charge in [-0.2, -0.15) is 14.6 Å². The molecule has 220 valence electrons. The SMILES string of the molecule is O=c1/c(=C/c2cn(-c3ccccc3)nc2-c2cccc(OCc3ccc(Cl)cc3)c2)sc2nc(/C=C/c3ccc(F)cc3)nn12. The molecule has 7 aromatic rings. The van der Waals surface area contributed by atoms with Gasteiger partial charge in [0, 0.05) is 22.3 Å². The molecule has 3 aromatic heterocycles. The van der Waals surface area contributed by atoms with Gasteiger partial charge in [-0.3, -0.25) is 4.79 Å². The molecule has 7 rings (SSSR count). The summed E-state index contributed by atoms with van der Waals surface area (Å²) in [5, 5.41) is 9.96. The highest BCUT2D eigenvalue weighted by atomic mass is 35.5. The predicted molar refractivity (Wildman–Crippen MR) is 176 cm³/mol. The third kappa shape index (κ3) is 6.31. The van der Waals surface area contributed by atoms with Crippen molar-refractivity contribution in [1.29, 1.82) is 0 Å². The van der Waals surface area contributed by atoms with Crippen LogP contribution in [0.5, 0.6) is 5.75 Å². The molecule has 0 saturated carbocycles. The first-order valence-corrected chi connectivity index (χ1v) is 15.2. The average Bonchev–Trinajstić information content (AvgIpc) is 3.75. The Hall–Kier alpha value is -5.38. The molecule has 0 amide bonds. The number of fused-ring (bicyclic) bond motifs is 1. The number of aromatic nitrogens is 5. The zero-order valence-corrected chi connectivity index (χ0v) is 25.1. The Morgan fingerprint density at radius 3 is 2.47 bits per heavy atom. The van der Waals surface area contributed by atoms with Gasteiger partial charge in [-0.25, -0.2) is 9.07 Å². The van der Waals surface area contributed by atoms with Crippen molar-refractivity contribution in [2.24, 2.45) is 0 Å². The Labute approximate surface area is 265 Å². The van der Waals surface area contributed by atoms with Crippen molar-refractivity contribution in [2.45, 2.75) is 6.61 Å². The number of para-hydroxylation sites is 1. The van der Waals surface area contributed by atoms with E-state index in [1.165, 1.54) is 28.0 Å². The van der Waals surface area contributed by atoms with Gasteiger partial charge in [0.2, 0.25) is 4.96 Å². The minimum absolute atomic E-state index is 0.276. The van der Waals surface area contributed by atoms with Gasteiger partial charge < -0.3 is 4.74 Å². The summed E-state index contributed by atoms with van der Waals surface area (Å²) in [6, 6.07) is 31.1. The van der Waals surface area contributed by atoms with E-state index in [-0.39, 0.29) is 11.4 Å². The van der Waals surface area contributed by atoms with Crippen LogP contribution in [-0.4, -0.2) is 24.4 Å². The van der Waals surface area contributed by atoms with Crippen LogP contribution in [0, 0.1) is 5.82 Å². The summed E-state index contributed by atoms with van der Waals surface area (Å²) in [4.78, 5) is 18.4. The quantitative estimate of drug-likeness (QED) is 0.179. The van der Waals surface area contributed by atoms with Crippen molar-refractivity contribution in [3.8, 4) is 22.7 Å². The van der Waals surface area contributed by atoms with E-state index in [9.17, 15) is 9.18 Å². The molecule has 45 heavy (non-hydrogen) atoms. The maximum atomic E-state index is 13.4. The summed E-state index contributed by atoms with van der Waals surface area (Å²) < 4.78 is 22.9. The highest BCUT2D eigenvalue weighted by Crippen LogP contribution is 2.28. The van der Waals surface area contributed by atoms with E-state index in [0.717, 1.165) is 27.9 Å².